The Morgan fingerprint density at radius 3 is 2.11 bits per heavy atom. The van der Waals surface area contributed by atoms with Gasteiger partial charge in [0.05, 0.1) is 16.7 Å². The van der Waals surface area contributed by atoms with Crippen LogP contribution in [-0.2, 0) is 5.41 Å². The van der Waals surface area contributed by atoms with Crippen LogP contribution in [0.1, 0.15) is 25.0 Å². The molecule has 3 aromatic heterocycles. The van der Waals surface area contributed by atoms with Gasteiger partial charge in [0.2, 0.25) is 5.95 Å². The molecule has 0 atom stereocenters. The molecule has 6 aromatic carbocycles. The monoisotopic (exact) mass is 603 g/mol. The van der Waals surface area contributed by atoms with Crippen molar-refractivity contribution in [1.29, 1.82) is 0 Å². The fraction of sp³-hybridized carbons (Fsp3) is 0.0698. The van der Waals surface area contributed by atoms with Gasteiger partial charge in [-0.25, -0.2) is 9.97 Å². The molecule has 10 rings (SSSR count). The molecule has 0 fully saturated rings. The van der Waals surface area contributed by atoms with Gasteiger partial charge >= 0.3 is 0 Å². The molecule has 4 heteroatoms. The van der Waals surface area contributed by atoms with E-state index < -0.39 is 0 Å². The second kappa shape index (κ2) is 9.51. The molecule has 0 unspecified atom stereocenters. The zero-order valence-corrected chi connectivity index (χ0v) is 26.0. The predicted octanol–water partition coefficient (Wildman–Crippen LogP) is 11.1. The number of para-hydroxylation sites is 1. The summed E-state index contributed by atoms with van der Waals surface area (Å²) in [6.45, 7) is 4.60. The van der Waals surface area contributed by atoms with Gasteiger partial charge in [-0.1, -0.05) is 135 Å². The molecule has 0 saturated heterocycles. The number of furan rings is 1. The minimum Gasteiger partial charge on any atom is -0.453 e. The largest absolute Gasteiger partial charge is 0.453 e. The van der Waals surface area contributed by atoms with Crippen molar-refractivity contribution >= 4 is 43.7 Å². The molecular weight excluding hydrogens is 574 g/mol. The highest BCUT2D eigenvalue weighted by Gasteiger charge is 2.40. The molecule has 9 aromatic rings. The Hall–Kier alpha value is -6.00. The average molecular weight is 604 g/mol. The third kappa shape index (κ3) is 3.64. The van der Waals surface area contributed by atoms with Crippen molar-refractivity contribution in [3.63, 3.8) is 0 Å². The Kier molecular flexibility index (Phi) is 5.31. The molecule has 222 valence electrons. The molecule has 1 aliphatic carbocycles. The minimum absolute atomic E-state index is 0.182. The Morgan fingerprint density at radius 1 is 0.574 bits per heavy atom. The van der Waals surface area contributed by atoms with Crippen molar-refractivity contribution < 1.29 is 4.42 Å². The molecular formula is C43H29N3O. The third-order valence-corrected chi connectivity index (χ3v) is 10.00. The Bertz CT molecular complexity index is 2700. The zero-order valence-electron chi connectivity index (χ0n) is 26.0. The van der Waals surface area contributed by atoms with Gasteiger partial charge in [0, 0.05) is 43.7 Å². The molecule has 3 heterocycles. The minimum atomic E-state index is -0.182. The van der Waals surface area contributed by atoms with E-state index in [1.54, 1.807) is 0 Å². The number of aromatic nitrogens is 3. The van der Waals surface area contributed by atoms with E-state index in [4.69, 9.17) is 14.4 Å². The smallest absolute Gasteiger partial charge is 0.235 e. The van der Waals surface area contributed by atoms with Gasteiger partial charge in [0.25, 0.3) is 0 Å². The van der Waals surface area contributed by atoms with Crippen molar-refractivity contribution in [2.75, 3.05) is 0 Å². The third-order valence-electron chi connectivity index (χ3n) is 10.00. The first-order valence-corrected chi connectivity index (χ1v) is 16.1. The lowest BCUT2D eigenvalue weighted by molar-refractivity contribution is 0.620. The lowest BCUT2D eigenvalue weighted by Crippen LogP contribution is -2.14. The molecule has 4 nitrogen and oxygen atoms in total. The number of benzene rings is 6. The van der Waals surface area contributed by atoms with Gasteiger partial charge in [-0.05, 0) is 34.9 Å². The van der Waals surface area contributed by atoms with Crippen molar-refractivity contribution in [2.24, 2.45) is 0 Å². The van der Waals surface area contributed by atoms with E-state index in [1.807, 2.05) is 12.1 Å². The van der Waals surface area contributed by atoms with Gasteiger partial charge < -0.3 is 4.42 Å². The van der Waals surface area contributed by atoms with E-state index >= 15 is 0 Å². The summed E-state index contributed by atoms with van der Waals surface area (Å²) in [5.74, 6) is 1.58. The first kappa shape index (κ1) is 26.2. The summed E-state index contributed by atoms with van der Waals surface area (Å²) in [6, 6.07) is 49.0. The summed E-state index contributed by atoms with van der Waals surface area (Å²) in [5.41, 5.74) is 11.6. The SMILES string of the molecule is CC1(C)c2ccccc2-c2oc3c(ccc4c5ccccc5n(-c5nc(-c6ccccc6)c6cc(-c7ccccc7)ccc6n5)c43)c21. The summed E-state index contributed by atoms with van der Waals surface area (Å²) in [5, 5.41) is 4.41. The van der Waals surface area contributed by atoms with Crippen LogP contribution in [0.2, 0.25) is 0 Å². The number of fused-ring (bicyclic) bond motifs is 10. The Labute approximate surface area is 271 Å². The van der Waals surface area contributed by atoms with Crippen LogP contribution in [0.25, 0.3) is 83.3 Å². The molecule has 1 aliphatic rings. The number of hydrogen-bond acceptors (Lipinski definition) is 3. The van der Waals surface area contributed by atoms with Crippen LogP contribution in [0.3, 0.4) is 0 Å². The molecule has 0 saturated carbocycles. The molecule has 0 amide bonds. The number of nitrogens with zero attached hydrogens (tertiary/aromatic N) is 3. The average Bonchev–Trinajstić information content (AvgIpc) is 3.75. The van der Waals surface area contributed by atoms with Gasteiger partial charge in [-0.3, -0.25) is 4.57 Å². The Morgan fingerprint density at radius 2 is 1.28 bits per heavy atom. The molecule has 47 heavy (non-hydrogen) atoms. The van der Waals surface area contributed by atoms with Crippen molar-refractivity contribution in [3.05, 3.63) is 151 Å². The summed E-state index contributed by atoms with van der Waals surface area (Å²) in [6.07, 6.45) is 0. The van der Waals surface area contributed by atoms with Crippen LogP contribution in [0.5, 0.6) is 0 Å². The summed E-state index contributed by atoms with van der Waals surface area (Å²) < 4.78 is 9.18. The lowest BCUT2D eigenvalue weighted by atomic mass is 9.81. The highest BCUT2D eigenvalue weighted by molar-refractivity contribution is 6.18. The highest BCUT2D eigenvalue weighted by atomic mass is 16.3. The molecule has 0 spiro atoms. The fourth-order valence-electron chi connectivity index (χ4n) is 7.82. The van der Waals surface area contributed by atoms with Gasteiger partial charge in [0.15, 0.2) is 5.58 Å². The molecule has 0 N–H and O–H groups in total. The fourth-order valence-corrected chi connectivity index (χ4v) is 7.82. The van der Waals surface area contributed by atoms with Crippen LogP contribution in [0.4, 0.5) is 0 Å². The molecule has 0 radical (unpaired) electrons. The van der Waals surface area contributed by atoms with E-state index in [1.165, 1.54) is 16.7 Å². The molecule has 0 aliphatic heterocycles. The van der Waals surface area contributed by atoms with Crippen LogP contribution in [0, 0.1) is 0 Å². The number of hydrogen-bond donors (Lipinski definition) is 0. The van der Waals surface area contributed by atoms with Crippen molar-refractivity contribution in [3.8, 4) is 39.7 Å². The van der Waals surface area contributed by atoms with Crippen molar-refractivity contribution in [2.45, 2.75) is 19.3 Å². The van der Waals surface area contributed by atoms with E-state index in [2.05, 4.69) is 146 Å². The first-order chi connectivity index (χ1) is 23.1. The van der Waals surface area contributed by atoms with E-state index in [0.29, 0.717) is 5.95 Å². The van der Waals surface area contributed by atoms with Gasteiger partial charge in [0.1, 0.15) is 11.3 Å². The van der Waals surface area contributed by atoms with E-state index in [0.717, 1.165) is 71.8 Å². The maximum Gasteiger partial charge on any atom is 0.235 e. The molecule has 0 bridgehead atoms. The van der Waals surface area contributed by atoms with Crippen LogP contribution in [0.15, 0.2) is 144 Å². The van der Waals surface area contributed by atoms with Crippen LogP contribution in [-0.4, -0.2) is 14.5 Å². The highest BCUT2D eigenvalue weighted by Crippen LogP contribution is 2.54. The second-order valence-electron chi connectivity index (χ2n) is 13.0. The quantitative estimate of drug-likeness (QED) is 0.202. The second-order valence-corrected chi connectivity index (χ2v) is 13.0. The standard InChI is InChI=1S/C43H29N3O/c1-43(2)34-19-11-9-18-31(34)40-37(43)32-23-22-30-29-17-10-12-20-36(29)46(39(30)41(32)47-40)42-44-35-24-21-28(26-13-5-3-6-14-26)25-33(35)38(45-42)27-15-7-4-8-16-27/h3-25H,1-2H3. The summed E-state index contributed by atoms with van der Waals surface area (Å²) in [4.78, 5) is 10.7. The maximum absolute atomic E-state index is 6.97. The summed E-state index contributed by atoms with van der Waals surface area (Å²) >= 11 is 0. The maximum atomic E-state index is 6.97. The predicted molar refractivity (Wildman–Crippen MR) is 192 cm³/mol. The van der Waals surface area contributed by atoms with Gasteiger partial charge in [-0.2, -0.15) is 0 Å². The Balaban J connectivity index is 1.31. The van der Waals surface area contributed by atoms with E-state index in [-0.39, 0.29) is 5.41 Å². The van der Waals surface area contributed by atoms with Gasteiger partial charge in [-0.15, -0.1) is 0 Å². The normalized spacial score (nSPS) is 13.5. The summed E-state index contributed by atoms with van der Waals surface area (Å²) in [7, 11) is 0. The topological polar surface area (TPSA) is 43.9 Å². The number of rotatable bonds is 3. The van der Waals surface area contributed by atoms with Crippen LogP contribution < -0.4 is 0 Å². The zero-order chi connectivity index (χ0) is 31.3. The first-order valence-electron chi connectivity index (χ1n) is 16.1. The lowest BCUT2D eigenvalue weighted by Gasteiger charge is -2.20. The van der Waals surface area contributed by atoms with E-state index in [9.17, 15) is 0 Å². The van der Waals surface area contributed by atoms with Crippen LogP contribution >= 0.6 is 0 Å². The van der Waals surface area contributed by atoms with Crippen molar-refractivity contribution in [1.82, 2.24) is 14.5 Å².